The first-order chi connectivity index (χ1) is 9.10. The molecule has 0 aliphatic rings. The SMILES string of the molecule is C=CCCN(CCC)C(=O)c1cccc(C(N)=O)c1. The number of carbonyl (C=O) groups is 2. The number of nitrogens with two attached hydrogens (primary N) is 1. The zero-order valence-electron chi connectivity index (χ0n) is 11.3. The van der Waals surface area contributed by atoms with Crippen molar-refractivity contribution in [3.05, 3.63) is 48.0 Å². The van der Waals surface area contributed by atoms with Crippen molar-refractivity contribution in [2.45, 2.75) is 19.8 Å². The summed E-state index contributed by atoms with van der Waals surface area (Å²) in [6, 6.07) is 6.52. The molecule has 4 nitrogen and oxygen atoms in total. The molecule has 0 aliphatic carbocycles. The molecule has 102 valence electrons. The molecule has 0 unspecified atom stereocenters. The Morgan fingerprint density at radius 1 is 1.32 bits per heavy atom. The number of carbonyl (C=O) groups excluding carboxylic acids is 2. The predicted molar refractivity (Wildman–Crippen MR) is 76.0 cm³/mol. The summed E-state index contributed by atoms with van der Waals surface area (Å²) in [6.07, 6.45) is 3.43. The Balaban J connectivity index is 2.91. The average Bonchev–Trinajstić information content (AvgIpc) is 2.42. The van der Waals surface area contributed by atoms with E-state index in [4.69, 9.17) is 5.73 Å². The normalized spacial score (nSPS) is 9.95. The fourth-order valence-corrected chi connectivity index (χ4v) is 1.82. The van der Waals surface area contributed by atoms with Gasteiger partial charge < -0.3 is 10.6 Å². The number of primary amides is 1. The number of nitrogens with zero attached hydrogens (tertiary/aromatic N) is 1. The van der Waals surface area contributed by atoms with Gasteiger partial charge in [-0.25, -0.2) is 0 Å². The molecule has 0 radical (unpaired) electrons. The lowest BCUT2D eigenvalue weighted by Crippen LogP contribution is -2.32. The lowest BCUT2D eigenvalue weighted by molar-refractivity contribution is 0.0758. The Hall–Kier alpha value is -2.10. The fraction of sp³-hybridized carbons (Fsp3) is 0.333. The van der Waals surface area contributed by atoms with Gasteiger partial charge in [0.2, 0.25) is 5.91 Å². The van der Waals surface area contributed by atoms with Gasteiger partial charge in [0.15, 0.2) is 0 Å². The Labute approximate surface area is 113 Å². The van der Waals surface area contributed by atoms with Crippen LogP contribution in [-0.4, -0.2) is 29.8 Å². The van der Waals surface area contributed by atoms with E-state index in [9.17, 15) is 9.59 Å². The summed E-state index contributed by atoms with van der Waals surface area (Å²) < 4.78 is 0. The minimum absolute atomic E-state index is 0.0770. The van der Waals surface area contributed by atoms with Crippen molar-refractivity contribution in [2.75, 3.05) is 13.1 Å². The highest BCUT2D eigenvalue weighted by molar-refractivity contribution is 5.99. The van der Waals surface area contributed by atoms with Crippen molar-refractivity contribution >= 4 is 11.8 Å². The summed E-state index contributed by atoms with van der Waals surface area (Å²) in [5, 5.41) is 0. The van der Waals surface area contributed by atoms with Gasteiger partial charge in [0.25, 0.3) is 5.91 Å². The molecule has 1 aromatic carbocycles. The van der Waals surface area contributed by atoms with E-state index in [1.165, 1.54) is 0 Å². The van der Waals surface area contributed by atoms with Crippen LogP contribution >= 0.6 is 0 Å². The summed E-state index contributed by atoms with van der Waals surface area (Å²) in [7, 11) is 0. The Bertz CT molecular complexity index is 469. The highest BCUT2D eigenvalue weighted by atomic mass is 16.2. The van der Waals surface area contributed by atoms with Crippen molar-refractivity contribution in [1.82, 2.24) is 4.90 Å². The van der Waals surface area contributed by atoms with Crippen molar-refractivity contribution < 1.29 is 9.59 Å². The van der Waals surface area contributed by atoms with Crippen molar-refractivity contribution in [3.63, 3.8) is 0 Å². The predicted octanol–water partition coefficient (Wildman–Crippen LogP) is 2.21. The second kappa shape index (κ2) is 7.36. The molecule has 2 amide bonds. The maximum absolute atomic E-state index is 12.4. The zero-order valence-corrected chi connectivity index (χ0v) is 11.3. The second-order valence-corrected chi connectivity index (χ2v) is 4.31. The van der Waals surface area contributed by atoms with Crippen LogP contribution < -0.4 is 5.73 Å². The van der Waals surface area contributed by atoms with Gasteiger partial charge in [0, 0.05) is 24.2 Å². The molecular weight excluding hydrogens is 240 g/mol. The van der Waals surface area contributed by atoms with Crippen LogP contribution in [0.2, 0.25) is 0 Å². The van der Waals surface area contributed by atoms with Gasteiger partial charge in [-0.3, -0.25) is 9.59 Å². The number of amides is 2. The lowest BCUT2D eigenvalue weighted by atomic mass is 10.1. The summed E-state index contributed by atoms with van der Waals surface area (Å²) >= 11 is 0. The third-order valence-electron chi connectivity index (χ3n) is 2.78. The standard InChI is InChI=1S/C15H20N2O2/c1-3-5-10-17(9-4-2)15(19)13-8-6-7-12(11-13)14(16)18/h3,6-8,11H,1,4-5,9-10H2,2H3,(H2,16,18). The van der Waals surface area contributed by atoms with Crippen LogP contribution in [-0.2, 0) is 0 Å². The number of hydrogen-bond donors (Lipinski definition) is 1. The second-order valence-electron chi connectivity index (χ2n) is 4.31. The molecule has 0 fully saturated rings. The molecule has 0 saturated carbocycles. The van der Waals surface area contributed by atoms with Gasteiger partial charge in [-0.1, -0.05) is 19.1 Å². The first kappa shape index (κ1) is 15.0. The zero-order chi connectivity index (χ0) is 14.3. The molecule has 1 rings (SSSR count). The smallest absolute Gasteiger partial charge is 0.253 e. The lowest BCUT2D eigenvalue weighted by Gasteiger charge is -2.21. The molecule has 19 heavy (non-hydrogen) atoms. The van der Waals surface area contributed by atoms with E-state index in [2.05, 4.69) is 6.58 Å². The third kappa shape index (κ3) is 4.25. The molecule has 0 bridgehead atoms. The maximum Gasteiger partial charge on any atom is 0.253 e. The van der Waals surface area contributed by atoms with Gasteiger partial charge >= 0.3 is 0 Å². The topological polar surface area (TPSA) is 63.4 Å². The fourth-order valence-electron chi connectivity index (χ4n) is 1.82. The van der Waals surface area contributed by atoms with E-state index < -0.39 is 5.91 Å². The van der Waals surface area contributed by atoms with Crippen molar-refractivity contribution in [3.8, 4) is 0 Å². The van der Waals surface area contributed by atoms with Crippen LogP contribution in [0.4, 0.5) is 0 Å². The van der Waals surface area contributed by atoms with Crippen molar-refractivity contribution in [1.29, 1.82) is 0 Å². The Morgan fingerprint density at radius 3 is 2.58 bits per heavy atom. The van der Waals surface area contributed by atoms with Crippen LogP contribution in [0.25, 0.3) is 0 Å². The van der Waals surface area contributed by atoms with Crippen LogP contribution in [0.1, 0.15) is 40.5 Å². The van der Waals surface area contributed by atoms with E-state index in [0.717, 1.165) is 12.8 Å². The summed E-state index contributed by atoms with van der Waals surface area (Å²) in [5.74, 6) is -0.602. The number of hydrogen-bond acceptors (Lipinski definition) is 2. The molecule has 0 heterocycles. The minimum atomic E-state index is -0.525. The molecule has 0 aromatic heterocycles. The molecule has 0 saturated heterocycles. The van der Waals surface area contributed by atoms with Gasteiger partial charge in [-0.05, 0) is 31.0 Å². The molecule has 4 heteroatoms. The van der Waals surface area contributed by atoms with E-state index in [-0.39, 0.29) is 5.91 Å². The van der Waals surface area contributed by atoms with Crippen LogP contribution in [0, 0.1) is 0 Å². The maximum atomic E-state index is 12.4. The highest BCUT2D eigenvalue weighted by Gasteiger charge is 2.15. The minimum Gasteiger partial charge on any atom is -0.366 e. The molecule has 1 aromatic rings. The van der Waals surface area contributed by atoms with Crippen LogP contribution in [0.3, 0.4) is 0 Å². The summed E-state index contributed by atoms with van der Waals surface area (Å²) in [5.41, 5.74) is 6.07. The van der Waals surface area contributed by atoms with E-state index in [1.54, 1.807) is 35.2 Å². The highest BCUT2D eigenvalue weighted by Crippen LogP contribution is 2.09. The average molecular weight is 260 g/mol. The number of benzene rings is 1. The van der Waals surface area contributed by atoms with E-state index in [1.807, 2.05) is 6.92 Å². The van der Waals surface area contributed by atoms with Gasteiger partial charge in [0.05, 0.1) is 0 Å². The Kier molecular flexibility index (Phi) is 5.79. The van der Waals surface area contributed by atoms with Crippen LogP contribution in [0.15, 0.2) is 36.9 Å². The molecular formula is C15H20N2O2. The Morgan fingerprint density at radius 2 is 2.00 bits per heavy atom. The van der Waals surface area contributed by atoms with Crippen LogP contribution in [0.5, 0.6) is 0 Å². The van der Waals surface area contributed by atoms with Gasteiger partial charge in [-0.2, -0.15) is 0 Å². The number of rotatable bonds is 7. The largest absolute Gasteiger partial charge is 0.366 e. The quantitative estimate of drug-likeness (QED) is 0.764. The van der Waals surface area contributed by atoms with Gasteiger partial charge in [0.1, 0.15) is 0 Å². The van der Waals surface area contributed by atoms with Gasteiger partial charge in [-0.15, -0.1) is 6.58 Å². The van der Waals surface area contributed by atoms with E-state index in [0.29, 0.717) is 24.2 Å². The molecule has 2 N–H and O–H groups in total. The third-order valence-corrected chi connectivity index (χ3v) is 2.78. The van der Waals surface area contributed by atoms with E-state index >= 15 is 0 Å². The summed E-state index contributed by atoms with van der Waals surface area (Å²) in [6.45, 7) is 7.01. The summed E-state index contributed by atoms with van der Waals surface area (Å²) in [4.78, 5) is 25.2. The molecule has 0 aliphatic heterocycles. The molecule has 0 atom stereocenters. The monoisotopic (exact) mass is 260 g/mol. The first-order valence-corrected chi connectivity index (χ1v) is 6.40. The van der Waals surface area contributed by atoms with Crippen molar-refractivity contribution in [2.24, 2.45) is 5.73 Å². The first-order valence-electron chi connectivity index (χ1n) is 6.40. The molecule has 0 spiro atoms.